The summed E-state index contributed by atoms with van der Waals surface area (Å²) in [4.78, 5) is 56.6. The predicted octanol–water partition coefficient (Wildman–Crippen LogP) is 5.93. The van der Waals surface area contributed by atoms with E-state index in [1.165, 1.54) is 0 Å². The summed E-state index contributed by atoms with van der Waals surface area (Å²) in [6.45, 7) is 5.94. The first-order valence-electron chi connectivity index (χ1n) is 17.0. The third-order valence-electron chi connectivity index (χ3n) is 9.96. The Morgan fingerprint density at radius 1 is 1.00 bits per heavy atom. The number of hydrogen-bond acceptors (Lipinski definition) is 7. The highest BCUT2D eigenvalue weighted by Crippen LogP contribution is 2.60. The number of rotatable bonds is 11. The van der Waals surface area contributed by atoms with Gasteiger partial charge in [0.2, 0.25) is 5.91 Å². The second-order valence-corrected chi connectivity index (χ2v) is 18.3. The van der Waals surface area contributed by atoms with E-state index in [1.807, 2.05) is 68.5 Å². The maximum absolute atomic E-state index is 14.9. The highest BCUT2D eigenvalue weighted by Gasteiger charge is 2.66. The molecule has 3 amide bonds. The molecule has 12 heteroatoms. The van der Waals surface area contributed by atoms with Gasteiger partial charge in [-0.15, -0.1) is 0 Å². The Morgan fingerprint density at radius 3 is 2.39 bits per heavy atom. The van der Waals surface area contributed by atoms with E-state index < -0.39 is 31.5 Å². The Bertz CT molecular complexity index is 1920. The fourth-order valence-corrected chi connectivity index (χ4v) is 10.4. The number of hydrogen-bond donors (Lipinski definition) is 4. The van der Waals surface area contributed by atoms with E-state index in [1.54, 1.807) is 58.3 Å². The summed E-state index contributed by atoms with van der Waals surface area (Å²) in [5.74, 6) is -1.34. The second-order valence-electron chi connectivity index (χ2n) is 13.9. The number of benzene rings is 4. The molecule has 0 aromatic heterocycles. The van der Waals surface area contributed by atoms with E-state index in [9.17, 15) is 24.3 Å². The number of aliphatic hydroxyl groups is 1. The zero-order valence-electron chi connectivity index (χ0n) is 28.9. The molecule has 4 atom stereocenters. The van der Waals surface area contributed by atoms with Gasteiger partial charge < -0.3 is 35.5 Å². The summed E-state index contributed by atoms with van der Waals surface area (Å²) in [6, 6.07) is 28.7. The van der Waals surface area contributed by atoms with Crippen molar-refractivity contribution < 1.29 is 29.0 Å². The summed E-state index contributed by atoms with van der Waals surface area (Å²) in [7, 11) is -3.05. The predicted molar refractivity (Wildman–Crippen MR) is 201 cm³/mol. The molecule has 2 aliphatic heterocycles. The fraction of sp³-hybridized carbons (Fsp3) is 0.308. The smallest absolute Gasteiger partial charge is 0.264 e. The van der Waals surface area contributed by atoms with Crippen LogP contribution in [-0.2, 0) is 33.0 Å². The zero-order chi connectivity index (χ0) is 36.5. The first-order valence-corrected chi connectivity index (χ1v) is 20.4. The number of halogens is 1. The fourth-order valence-electron chi connectivity index (χ4n) is 7.69. The third kappa shape index (κ3) is 7.31. The maximum Gasteiger partial charge on any atom is 0.264 e. The van der Waals surface area contributed by atoms with E-state index in [0.717, 1.165) is 11.1 Å². The number of nitrogens with zero attached hydrogens (tertiary/aromatic N) is 2. The maximum atomic E-state index is 14.9. The van der Waals surface area contributed by atoms with E-state index in [2.05, 4.69) is 5.32 Å². The molecule has 6 rings (SSSR count). The third-order valence-corrected chi connectivity index (χ3v) is 12.7. The van der Waals surface area contributed by atoms with Crippen LogP contribution in [0.1, 0.15) is 40.4 Å². The summed E-state index contributed by atoms with van der Waals surface area (Å²) in [5.41, 5.74) is 8.29. The molecule has 4 aromatic carbocycles. The Labute approximate surface area is 303 Å². The number of amides is 3. The molecule has 266 valence electrons. The van der Waals surface area contributed by atoms with Gasteiger partial charge in [-0.05, 0) is 78.8 Å². The van der Waals surface area contributed by atoms with E-state index in [-0.39, 0.29) is 43.8 Å². The minimum atomic E-state index is -3.05. The molecule has 2 aliphatic rings. The molecule has 51 heavy (non-hydrogen) atoms. The van der Waals surface area contributed by atoms with Gasteiger partial charge in [0.05, 0.1) is 31.4 Å². The van der Waals surface area contributed by atoms with Crippen molar-refractivity contribution in [2.24, 2.45) is 5.92 Å². The number of fused-ring (bicyclic) bond motifs is 2. The number of carbonyl (C=O) groups excluding carboxylic acids is 3. The van der Waals surface area contributed by atoms with Gasteiger partial charge in [0.1, 0.15) is 0 Å². The van der Waals surface area contributed by atoms with Crippen LogP contribution < -0.4 is 16.0 Å². The standard InChI is InChI=1S/C39H43ClN4O6Si/c1-25-36(51(2,3)49)34(22-35(46)43(18-19-45)23-26-8-5-4-6-9-26)50-39(25)32-21-29(40)14-17-33(32)44(38(39)48)24-27-10-7-11-31(20-27)42-37(47)28-12-15-30(41)16-13-28/h4-17,20-21,25,34,36,45,49H,18-19,22-24,41H2,1-3H3,(H,42,47)/t25-,34+,36-,39+/m1/s1. The summed E-state index contributed by atoms with van der Waals surface area (Å²) < 4.78 is 6.85. The molecule has 0 aliphatic carbocycles. The van der Waals surface area contributed by atoms with Crippen molar-refractivity contribution in [1.82, 2.24) is 4.90 Å². The van der Waals surface area contributed by atoms with Crippen LogP contribution in [0.2, 0.25) is 23.7 Å². The Balaban J connectivity index is 1.29. The van der Waals surface area contributed by atoms with Crippen molar-refractivity contribution in [1.29, 1.82) is 0 Å². The summed E-state index contributed by atoms with van der Waals surface area (Å²) >= 11 is 6.56. The largest absolute Gasteiger partial charge is 0.432 e. The minimum Gasteiger partial charge on any atom is -0.432 e. The van der Waals surface area contributed by atoms with E-state index in [4.69, 9.17) is 22.1 Å². The van der Waals surface area contributed by atoms with Crippen LogP contribution in [0.4, 0.5) is 17.1 Å². The van der Waals surface area contributed by atoms with Crippen molar-refractivity contribution in [3.8, 4) is 0 Å². The molecular weight excluding hydrogens is 684 g/mol. The first kappa shape index (κ1) is 36.3. The second kappa shape index (κ2) is 14.6. The topological polar surface area (TPSA) is 145 Å². The highest BCUT2D eigenvalue weighted by atomic mass is 35.5. The lowest BCUT2D eigenvalue weighted by molar-refractivity contribution is -0.150. The highest BCUT2D eigenvalue weighted by molar-refractivity contribution is 6.71. The lowest BCUT2D eigenvalue weighted by atomic mass is 9.82. The van der Waals surface area contributed by atoms with Gasteiger partial charge in [-0.25, -0.2) is 0 Å². The van der Waals surface area contributed by atoms with Crippen molar-refractivity contribution >= 4 is 54.7 Å². The normalized spacial score (nSPS) is 21.2. The monoisotopic (exact) mass is 726 g/mol. The quantitative estimate of drug-likeness (QED) is 0.111. The number of nitrogens with one attached hydrogen (secondary N) is 1. The summed E-state index contributed by atoms with van der Waals surface area (Å²) in [5, 5.41) is 13.2. The van der Waals surface area contributed by atoms with Gasteiger partial charge in [0.25, 0.3) is 11.8 Å². The molecule has 1 spiro atoms. The van der Waals surface area contributed by atoms with E-state index in [0.29, 0.717) is 39.8 Å². The van der Waals surface area contributed by atoms with E-state index >= 15 is 0 Å². The van der Waals surface area contributed by atoms with Crippen LogP contribution >= 0.6 is 11.6 Å². The number of anilines is 3. The van der Waals surface area contributed by atoms with Crippen molar-refractivity contribution in [3.05, 3.63) is 124 Å². The molecule has 0 saturated carbocycles. The van der Waals surface area contributed by atoms with Crippen molar-refractivity contribution in [3.63, 3.8) is 0 Å². The van der Waals surface area contributed by atoms with Crippen LogP contribution in [0.5, 0.6) is 0 Å². The van der Waals surface area contributed by atoms with Crippen LogP contribution in [0.15, 0.2) is 97.1 Å². The van der Waals surface area contributed by atoms with Crippen LogP contribution in [-0.4, -0.2) is 60.1 Å². The lowest BCUT2D eigenvalue weighted by Gasteiger charge is -2.32. The molecule has 4 aromatic rings. The molecule has 1 saturated heterocycles. The minimum absolute atomic E-state index is 0.0699. The number of nitrogen functional groups attached to an aromatic ring is 1. The van der Waals surface area contributed by atoms with Crippen molar-refractivity contribution in [2.75, 3.05) is 29.1 Å². The molecule has 2 heterocycles. The molecule has 0 unspecified atom stereocenters. The van der Waals surface area contributed by atoms with Crippen LogP contribution in [0, 0.1) is 5.92 Å². The molecular formula is C39H43ClN4O6Si. The first-order chi connectivity index (χ1) is 24.3. The Kier molecular flexibility index (Phi) is 10.4. The van der Waals surface area contributed by atoms with Crippen LogP contribution in [0.3, 0.4) is 0 Å². The number of nitrogens with two attached hydrogens (primary N) is 1. The number of aliphatic hydroxyl groups excluding tert-OH is 1. The van der Waals surface area contributed by atoms with Gasteiger partial charge in [0, 0.05) is 52.1 Å². The van der Waals surface area contributed by atoms with Gasteiger partial charge in [-0.1, -0.05) is 61.0 Å². The number of carbonyl (C=O) groups is 3. The zero-order valence-corrected chi connectivity index (χ0v) is 30.6. The SMILES string of the molecule is C[C@@H]1[C@@H]([Si](C)(C)O)[C@H](CC(=O)N(CCO)Cc2ccccc2)O[C@@]12C(=O)N(Cc1cccc(NC(=O)c3ccc(N)cc3)c1)c1ccc(Cl)cc12. The molecule has 10 nitrogen and oxygen atoms in total. The average Bonchev–Trinajstić information content (AvgIpc) is 3.51. The molecule has 5 N–H and O–H groups in total. The molecule has 0 radical (unpaired) electrons. The lowest BCUT2D eigenvalue weighted by Crippen LogP contribution is -2.46. The average molecular weight is 727 g/mol. The Hall–Kier alpha value is -4.52. The van der Waals surface area contributed by atoms with Gasteiger partial charge in [-0.3, -0.25) is 14.4 Å². The summed E-state index contributed by atoms with van der Waals surface area (Å²) in [6.07, 6.45) is -0.835. The molecule has 0 bridgehead atoms. The Morgan fingerprint density at radius 2 is 1.71 bits per heavy atom. The van der Waals surface area contributed by atoms with Gasteiger partial charge >= 0.3 is 0 Å². The van der Waals surface area contributed by atoms with Crippen LogP contribution in [0.25, 0.3) is 0 Å². The molecule has 1 fully saturated rings. The number of ether oxygens (including phenoxy) is 1. The van der Waals surface area contributed by atoms with Gasteiger partial charge in [0.15, 0.2) is 13.9 Å². The van der Waals surface area contributed by atoms with Gasteiger partial charge in [-0.2, -0.15) is 0 Å². The van der Waals surface area contributed by atoms with Crippen molar-refractivity contribution in [2.45, 2.75) is 56.8 Å².